The van der Waals surface area contributed by atoms with E-state index < -0.39 is 15.9 Å². The van der Waals surface area contributed by atoms with Crippen LogP contribution in [0, 0.1) is 0 Å². The predicted molar refractivity (Wildman–Crippen MR) is 98.0 cm³/mol. The molecule has 1 atom stereocenters. The van der Waals surface area contributed by atoms with Gasteiger partial charge in [0.15, 0.2) is 9.84 Å². The summed E-state index contributed by atoms with van der Waals surface area (Å²) in [5.74, 6) is -0.101. The standard InChI is InChI=1S/C18H16ClNO4S/c1-24-17-8-3-2-7-16(17)18(21)20(14-6-4-5-13(19)11-14)15-9-10-25(22,23)12-15/h2-11,15H,12H2,1H3. The molecule has 0 saturated carbocycles. The molecule has 2 aromatic carbocycles. The van der Waals surface area contributed by atoms with Gasteiger partial charge in [-0.15, -0.1) is 0 Å². The fraction of sp³-hybridized carbons (Fsp3) is 0.167. The smallest absolute Gasteiger partial charge is 0.262 e. The molecule has 5 nitrogen and oxygen atoms in total. The van der Waals surface area contributed by atoms with E-state index in [9.17, 15) is 13.2 Å². The van der Waals surface area contributed by atoms with Crippen LogP contribution in [0.15, 0.2) is 60.0 Å². The van der Waals surface area contributed by atoms with Crippen LogP contribution in [-0.4, -0.2) is 33.2 Å². The Morgan fingerprint density at radius 2 is 1.96 bits per heavy atom. The number of carbonyl (C=O) groups excluding carboxylic acids is 1. The summed E-state index contributed by atoms with van der Waals surface area (Å²) in [5.41, 5.74) is 0.873. The molecule has 3 rings (SSSR count). The van der Waals surface area contributed by atoms with E-state index in [4.69, 9.17) is 16.3 Å². The van der Waals surface area contributed by atoms with Gasteiger partial charge in [0.05, 0.1) is 24.5 Å². The number of anilines is 1. The number of hydrogen-bond donors (Lipinski definition) is 0. The summed E-state index contributed by atoms with van der Waals surface area (Å²) in [7, 11) is -1.85. The highest BCUT2D eigenvalue weighted by atomic mass is 35.5. The Bertz CT molecular complexity index is 940. The minimum atomic E-state index is -3.33. The molecular formula is C18H16ClNO4S. The van der Waals surface area contributed by atoms with E-state index in [1.165, 1.54) is 18.1 Å². The molecule has 1 aliphatic heterocycles. The van der Waals surface area contributed by atoms with Crippen molar-refractivity contribution >= 4 is 33.0 Å². The van der Waals surface area contributed by atoms with E-state index in [-0.39, 0.29) is 11.7 Å². The van der Waals surface area contributed by atoms with Crippen LogP contribution in [0.5, 0.6) is 5.75 Å². The second-order valence-electron chi connectivity index (χ2n) is 5.58. The number of benzene rings is 2. The highest BCUT2D eigenvalue weighted by molar-refractivity contribution is 7.94. The van der Waals surface area contributed by atoms with Crippen molar-refractivity contribution in [1.82, 2.24) is 0 Å². The summed E-state index contributed by atoms with van der Waals surface area (Å²) < 4.78 is 29.0. The van der Waals surface area contributed by atoms with E-state index in [0.29, 0.717) is 22.0 Å². The summed E-state index contributed by atoms with van der Waals surface area (Å²) in [5, 5.41) is 1.60. The van der Waals surface area contributed by atoms with Crippen molar-refractivity contribution < 1.29 is 17.9 Å². The van der Waals surface area contributed by atoms with Crippen LogP contribution in [-0.2, 0) is 9.84 Å². The van der Waals surface area contributed by atoms with Gasteiger partial charge in [0, 0.05) is 16.1 Å². The maximum atomic E-state index is 13.2. The lowest BCUT2D eigenvalue weighted by Gasteiger charge is -2.28. The fourth-order valence-electron chi connectivity index (χ4n) is 2.76. The van der Waals surface area contributed by atoms with Crippen molar-refractivity contribution in [2.24, 2.45) is 0 Å². The lowest BCUT2D eigenvalue weighted by atomic mass is 10.1. The molecule has 2 aromatic rings. The molecule has 130 valence electrons. The largest absolute Gasteiger partial charge is 0.496 e. The van der Waals surface area contributed by atoms with Gasteiger partial charge in [-0.1, -0.05) is 29.8 Å². The summed E-state index contributed by atoms with van der Waals surface area (Å²) in [4.78, 5) is 14.6. The van der Waals surface area contributed by atoms with Crippen LogP contribution in [0.3, 0.4) is 0 Å². The number of ether oxygens (including phenoxy) is 1. The molecule has 1 amide bonds. The zero-order chi connectivity index (χ0) is 18.0. The number of nitrogens with zero attached hydrogens (tertiary/aromatic N) is 1. The number of hydrogen-bond acceptors (Lipinski definition) is 4. The van der Waals surface area contributed by atoms with Gasteiger partial charge in [-0.2, -0.15) is 0 Å². The third-order valence-corrected chi connectivity index (χ3v) is 5.50. The number of sulfone groups is 1. The zero-order valence-corrected chi connectivity index (χ0v) is 15.0. The summed E-state index contributed by atoms with van der Waals surface area (Å²) in [6, 6.07) is 13.0. The monoisotopic (exact) mass is 377 g/mol. The van der Waals surface area contributed by atoms with Gasteiger partial charge >= 0.3 is 0 Å². The van der Waals surface area contributed by atoms with Gasteiger partial charge in [0.1, 0.15) is 5.75 Å². The lowest BCUT2D eigenvalue weighted by molar-refractivity contribution is 0.0980. The first-order valence-corrected chi connectivity index (χ1v) is 9.64. The van der Waals surface area contributed by atoms with Gasteiger partial charge in [-0.25, -0.2) is 8.42 Å². The number of amides is 1. The molecule has 0 N–H and O–H groups in total. The van der Waals surface area contributed by atoms with Gasteiger partial charge in [0.2, 0.25) is 0 Å². The van der Waals surface area contributed by atoms with E-state index in [0.717, 1.165) is 5.41 Å². The van der Waals surface area contributed by atoms with Crippen LogP contribution in [0.4, 0.5) is 5.69 Å². The van der Waals surface area contributed by atoms with Crippen LogP contribution in [0.2, 0.25) is 5.02 Å². The quantitative estimate of drug-likeness (QED) is 0.820. The Labute approximate surface area is 151 Å². The Hall–Kier alpha value is -2.31. The molecule has 0 radical (unpaired) electrons. The van der Waals surface area contributed by atoms with Gasteiger partial charge in [0.25, 0.3) is 5.91 Å². The van der Waals surface area contributed by atoms with E-state index in [2.05, 4.69) is 0 Å². The SMILES string of the molecule is COc1ccccc1C(=O)N(c1cccc(Cl)c1)C1C=CS(=O)(=O)C1. The number of halogens is 1. The van der Waals surface area contributed by atoms with Gasteiger partial charge in [-0.3, -0.25) is 4.79 Å². The van der Waals surface area contributed by atoms with Crippen LogP contribution >= 0.6 is 11.6 Å². The Morgan fingerprint density at radius 1 is 1.20 bits per heavy atom. The topological polar surface area (TPSA) is 63.7 Å². The number of carbonyl (C=O) groups is 1. The highest BCUT2D eigenvalue weighted by Crippen LogP contribution is 2.29. The Balaban J connectivity index is 2.08. The molecule has 0 aliphatic carbocycles. The first kappa shape index (κ1) is 17.5. The van der Waals surface area contributed by atoms with Crippen molar-refractivity contribution in [2.75, 3.05) is 17.8 Å². The molecule has 0 spiro atoms. The molecule has 0 fully saturated rings. The van der Waals surface area contributed by atoms with E-state index in [1.54, 1.807) is 48.5 Å². The molecule has 1 unspecified atom stereocenters. The zero-order valence-electron chi connectivity index (χ0n) is 13.4. The Kier molecular flexibility index (Phi) is 4.83. The molecule has 1 aliphatic rings. The van der Waals surface area contributed by atoms with Crippen molar-refractivity contribution in [3.8, 4) is 5.75 Å². The van der Waals surface area contributed by atoms with Crippen LogP contribution in [0.25, 0.3) is 0 Å². The Morgan fingerprint density at radius 3 is 2.60 bits per heavy atom. The van der Waals surface area contributed by atoms with Crippen LogP contribution in [0.1, 0.15) is 10.4 Å². The second-order valence-corrected chi connectivity index (χ2v) is 7.95. The first-order chi connectivity index (χ1) is 11.9. The minimum Gasteiger partial charge on any atom is -0.496 e. The molecule has 1 heterocycles. The highest BCUT2D eigenvalue weighted by Gasteiger charge is 2.33. The molecule has 25 heavy (non-hydrogen) atoms. The van der Waals surface area contributed by atoms with E-state index in [1.807, 2.05) is 0 Å². The maximum absolute atomic E-state index is 13.2. The summed E-state index contributed by atoms with van der Waals surface area (Å²) in [6.07, 6.45) is 1.52. The summed E-state index contributed by atoms with van der Waals surface area (Å²) in [6.45, 7) is 0. The molecule has 0 saturated heterocycles. The fourth-order valence-corrected chi connectivity index (χ4v) is 4.21. The first-order valence-electron chi connectivity index (χ1n) is 7.54. The van der Waals surface area contributed by atoms with Crippen molar-refractivity contribution in [3.05, 3.63) is 70.6 Å². The van der Waals surface area contributed by atoms with Crippen molar-refractivity contribution in [3.63, 3.8) is 0 Å². The minimum absolute atomic E-state index is 0.166. The van der Waals surface area contributed by atoms with Crippen molar-refractivity contribution in [2.45, 2.75) is 6.04 Å². The third-order valence-electron chi connectivity index (χ3n) is 3.89. The predicted octanol–water partition coefficient (Wildman–Crippen LogP) is 3.31. The van der Waals surface area contributed by atoms with Gasteiger partial charge < -0.3 is 9.64 Å². The lowest BCUT2D eigenvalue weighted by Crippen LogP contribution is -2.41. The average Bonchev–Trinajstić information content (AvgIpc) is 2.94. The third kappa shape index (κ3) is 3.70. The summed E-state index contributed by atoms with van der Waals surface area (Å²) >= 11 is 6.06. The van der Waals surface area contributed by atoms with E-state index >= 15 is 0 Å². The van der Waals surface area contributed by atoms with Crippen molar-refractivity contribution in [1.29, 1.82) is 0 Å². The van der Waals surface area contributed by atoms with Crippen LogP contribution < -0.4 is 9.64 Å². The molecule has 7 heteroatoms. The molecular weight excluding hydrogens is 362 g/mol. The second kappa shape index (κ2) is 6.90. The number of methoxy groups -OCH3 is 1. The number of rotatable bonds is 4. The molecule has 0 aromatic heterocycles. The normalized spacial score (nSPS) is 18.1. The average molecular weight is 378 g/mol. The number of para-hydroxylation sites is 1. The molecule has 0 bridgehead atoms. The maximum Gasteiger partial charge on any atom is 0.262 e. The van der Waals surface area contributed by atoms with Gasteiger partial charge in [-0.05, 0) is 36.4 Å².